The lowest BCUT2D eigenvalue weighted by molar-refractivity contribution is 0.590. The van der Waals surface area contributed by atoms with Crippen molar-refractivity contribution < 1.29 is 12.8 Å². The lowest BCUT2D eigenvalue weighted by Crippen LogP contribution is -2.18. The average molecular weight is 421 g/mol. The molecule has 2 aromatic carbocycles. The SMILES string of the molecule is CC(C)(C)c1ccc(/C=C/C(=S)NCc2ccc(NS(C)(=O)=O)c(F)c2)cc1. The molecule has 0 aliphatic heterocycles. The van der Waals surface area contributed by atoms with Crippen molar-refractivity contribution in [3.8, 4) is 0 Å². The van der Waals surface area contributed by atoms with E-state index in [0.717, 1.165) is 11.8 Å². The molecule has 7 heteroatoms. The van der Waals surface area contributed by atoms with Gasteiger partial charge in [0.1, 0.15) is 5.82 Å². The van der Waals surface area contributed by atoms with Gasteiger partial charge in [-0.3, -0.25) is 4.72 Å². The van der Waals surface area contributed by atoms with Crippen LogP contribution in [0.15, 0.2) is 48.5 Å². The fourth-order valence-corrected chi connectivity index (χ4v) is 3.17. The molecule has 0 fully saturated rings. The zero-order chi connectivity index (χ0) is 20.9. The monoisotopic (exact) mass is 420 g/mol. The van der Waals surface area contributed by atoms with E-state index in [2.05, 4.69) is 42.9 Å². The second kappa shape index (κ2) is 8.84. The Morgan fingerprint density at radius 2 is 1.79 bits per heavy atom. The second-order valence-corrected chi connectivity index (χ2v) is 9.80. The summed E-state index contributed by atoms with van der Waals surface area (Å²) in [7, 11) is -3.52. The molecule has 0 saturated carbocycles. The van der Waals surface area contributed by atoms with Gasteiger partial charge in [-0.25, -0.2) is 12.8 Å². The number of hydrogen-bond acceptors (Lipinski definition) is 3. The molecule has 0 amide bonds. The maximum atomic E-state index is 14.0. The summed E-state index contributed by atoms with van der Waals surface area (Å²) >= 11 is 5.28. The molecule has 2 N–H and O–H groups in total. The predicted molar refractivity (Wildman–Crippen MR) is 118 cm³/mol. The molecule has 28 heavy (non-hydrogen) atoms. The minimum atomic E-state index is -3.52. The summed E-state index contributed by atoms with van der Waals surface area (Å²) in [6.07, 6.45) is 4.68. The molecule has 0 saturated heterocycles. The highest BCUT2D eigenvalue weighted by Crippen LogP contribution is 2.22. The van der Waals surface area contributed by atoms with Gasteiger partial charge in [0.15, 0.2) is 0 Å². The van der Waals surface area contributed by atoms with E-state index in [1.807, 2.05) is 18.2 Å². The smallest absolute Gasteiger partial charge is 0.229 e. The van der Waals surface area contributed by atoms with E-state index < -0.39 is 15.8 Å². The van der Waals surface area contributed by atoms with Crippen LogP contribution in [0.4, 0.5) is 10.1 Å². The van der Waals surface area contributed by atoms with E-state index in [-0.39, 0.29) is 11.1 Å². The third-order valence-electron chi connectivity index (χ3n) is 4.00. The quantitative estimate of drug-likeness (QED) is 0.529. The minimum absolute atomic E-state index is 0.0765. The number of halogens is 1. The van der Waals surface area contributed by atoms with Crippen LogP contribution in [-0.4, -0.2) is 19.7 Å². The molecule has 0 radical (unpaired) electrons. The van der Waals surface area contributed by atoms with Gasteiger partial charge in [0.25, 0.3) is 0 Å². The first-order valence-electron chi connectivity index (χ1n) is 8.77. The third kappa shape index (κ3) is 7.05. The van der Waals surface area contributed by atoms with Crippen LogP contribution in [-0.2, 0) is 22.0 Å². The van der Waals surface area contributed by atoms with E-state index in [9.17, 15) is 12.8 Å². The Labute approximate surface area is 171 Å². The standard InChI is InChI=1S/C21H25FN2O2S2/c1-21(2,3)17-9-5-15(6-10-17)8-12-20(27)23-14-16-7-11-19(18(22)13-16)24-28(4,25)26/h5-13,24H,14H2,1-4H3,(H,23,27)/b12-8+. The Balaban J connectivity index is 1.93. The maximum Gasteiger partial charge on any atom is 0.229 e. The summed E-state index contributed by atoms with van der Waals surface area (Å²) in [6, 6.07) is 12.6. The molecule has 0 bridgehead atoms. The molecule has 0 aliphatic rings. The van der Waals surface area contributed by atoms with E-state index in [0.29, 0.717) is 17.1 Å². The predicted octanol–water partition coefficient (Wildman–Crippen LogP) is 4.63. The Bertz CT molecular complexity index is 976. The van der Waals surface area contributed by atoms with Gasteiger partial charge in [-0.05, 0) is 40.3 Å². The van der Waals surface area contributed by atoms with Gasteiger partial charge in [0, 0.05) is 6.54 Å². The van der Waals surface area contributed by atoms with Crippen LogP contribution < -0.4 is 10.0 Å². The van der Waals surface area contributed by atoms with Crippen molar-refractivity contribution in [1.82, 2.24) is 5.32 Å². The fourth-order valence-electron chi connectivity index (χ4n) is 2.47. The van der Waals surface area contributed by atoms with Gasteiger partial charge in [0.05, 0.1) is 16.9 Å². The summed E-state index contributed by atoms with van der Waals surface area (Å²) in [5.41, 5.74) is 3.00. The molecule has 0 aromatic heterocycles. The largest absolute Gasteiger partial charge is 0.372 e. The Morgan fingerprint density at radius 1 is 1.14 bits per heavy atom. The molecular weight excluding hydrogens is 395 g/mol. The fraction of sp³-hybridized carbons (Fsp3) is 0.286. The van der Waals surface area contributed by atoms with Crippen LogP contribution in [0.5, 0.6) is 0 Å². The summed E-state index contributed by atoms with van der Waals surface area (Å²) in [6.45, 7) is 6.85. The van der Waals surface area contributed by atoms with Crippen LogP contribution in [0.2, 0.25) is 0 Å². The van der Waals surface area contributed by atoms with Gasteiger partial charge in [-0.1, -0.05) is 69.4 Å². The van der Waals surface area contributed by atoms with Crippen molar-refractivity contribution >= 4 is 39.0 Å². The first-order chi connectivity index (χ1) is 12.9. The van der Waals surface area contributed by atoms with Crippen molar-refractivity contribution in [2.75, 3.05) is 11.0 Å². The van der Waals surface area contributed by atoms with Crippen molar-refractivity contribution in [2.24, 2.45) is 0 Å². The van der Waals surface area contributed by atoms with Crippen LogP contribution in [0.1, 0.15) is 37.5 Å². The van der Waals surface area contributed by atoms with Crippen molar-refractivity contribution in [2.45, 2.75) is 32.7 Å². The molecule has 0 spiro atoms. The van der Waals surface area contributed by atoms with Crippen molar-refractivity contribution in [1.29, 1.82) is 0 Å². The zero-order valence-electron chi connectivity index (χ0n) is 16.4. The Kier molecular flexibility index (Phi) is 6.96. The Morgan fingerprint density at radius 3 is 2.32 bits per heavy atom. The molecule has 0 heterocycles. The summed E-state index contributed by atoms with van der Waals surface area (Å²) in [5.74, 6) is -0.634. The number of rotatable bonds is 6. The second-order valence-electron chi connectivity index (χ2n) is 7.61. The van der Waals surface area contributed by atoms with Gasteiger partial charge < -0.3 is 5.32 Å². The molecule has 0 unspecified atom stereocenters. The highest BCUT2D eigenvalue weighted by Gasteiger charge is 2.12. The van der Waals surface area contributed by atoms with Crippen LogP contribution in [0, 0.1) is 5.82 Å². The summed E-state index contributed by atoms with van der Waals surface area (Å²) in [5, 5.41) is 3.04. The number of thiocarbonyl (C=S) groups is 1. The first-order valence-corrected chi connectivity index (χ1v) is 11.1. The highest BCUT2D eigenvalue weighted by molar-refractivity contribution is 7.92. The third-order valence-corrected chi connectivity index (χ3v) is 4.87. The summed E-state index contributed by atoms with van der Waals surface area (Å²) in [4.78, 5) is 0.527. The normalized spacial score (nSPS) is 12.2. The first kappa shape index (κ1) is 22.0. The lowest BCUT2D eigenvalue weighted by Gasteiger charge is -2.18. The molecule has 4 nitrogen and oxygen atoms in total. The van der Waals surface area contributed by atoms with Gasteiger partial charge >= 0.3 is 0 Å². The van der Waals surface area contributed by atoms with Gasteiger partial charge in [-0.2, -0.15) is 0 Å². The van der Waals surface area contributed by atoms with Crippen molar-refractivity contribution in [3.05, 3.63) is 71.0 Å². The van der Waals surface area contributed by atoms with Gasteiger partial charge in [-0.15, -0.1) is 0 Å². The van der Waals surface area contributed by atoms with Crippen LogP contribution in [0.25, 0.3) is 6.08 Å². The zero-order valence-corrected chi connectivity index (χ0v) is 18.0. The molecule has 0 aliphatic carbocycles. The van der Waals surface area contributed by atoms with Crippen LogP contribution in [0.3, 0.4) is 0 Å². The van der Waals surface area contributed by atoms with Crippen LogP contribution >= 0.6 is 12.2 Å². The summed E-state index contributed by atoms with van der Waals surface area (Å²) < 4.78 is 38.5. The number of nitrogens with one attached hydrogen (secondary N) is 2. The van der Waals surface area contributed by atoms with E-state index in [4.69, 9.17) is 12.2 Å². The molecule has 150 valence electrons. The average Bonchev–Trinajstić information content (AvgIpc) is 2.59. The number of anilines is 1. The number of hydrogen-bond donors (Lipinski definition) is 2. The Hall–Kier alpha value is -2.25. The molecule has 0 atom stereocenters. The highest BCUT2D eigenvalue weighted by atomic mass is 32.2. The topological polar surface area (TPSA) is 58.2 Å². The number of benzene rings is 2. The lowest BCUT2D eigenvalue weighted by atomic mass is 9.87. The van der Waals surface area contributed by atoms with E-state index in [1.165, 1.54) is 17.7 Å². The van der Waals surface area contributed by atoms with E-state index >= 15 is 0 Å². The molecule has 2 rings (SSSR count). The maximum absolute atomic E-state index is 14.0. The van der Waals surface area contributed by atoms with E-state index in [1.54, 1.807) is 12.1 Å². The minimum Gasteiger partial charge on any atom is -0.372 e. The number of sulfonamides is 1. The van der Waals surface area contributed by atoms with Gasteiger partial charge in [0.2, 0.25) is 10.0 Å². The molecular formula is C21H25FN2O2S2. The molecule has 2 aromatic rings. The van der Waals surface area contributed by atoms with Crippen molar-refractivity contribution in [3.63, 3.8) is 0 Å².